The van der Waals surface area contributed by atoms with Crippen molar-refractivity contribution in [3.63, 3.8) is 0 Å². The van der Waals surface area contributed by atoms with E-state index in [0.717, 1.165) is 22.4 Å². The summed E-state index contributed by atoms with van der Waals surface area (Å²) in [5.74, 6) is 3.27. The van der Waals surface area contributed by atoms with Crippen LogP contribution in [0.25, 0.3) is 89.2 Å². The van der Waals surface area contributed by atoms with Crippen LogP contribution in [0.15, 0.2) is 164 Å². The lowest BCUT2D eigenvalue weighted by Gasteiger charge is -2.22. The first kappa shape index (κ1) is 37.0. The zero-order chi connectivity index (χ0) is 41.0. The number of benzene rings is 7. The molecule has 0 spiro atoms. The van der Waals surface area contributed by atoms with Gasteiger partial charge in [-0.1, -0.05) is 142 Å². The molecule has 0 unspecified atom stereocenters. The summed E-state index contributed by atoms with van der Waals surface area (Å²) in [5, 5.41) is 5.20. The van der Waals surface area contributed by atoms with Gasteiger partial charge in [0.25, 0.3) is 0 Å². The molecule has 0 amide bonds. The molecule has 7 aromatic carbocycles. The van der Waals surface area contributed by atoms with E-state index in [1.165, 1.54) is 125 Å². The van der Waals surface area contributed by atoms with Gasteiger partial charge in [0, 0.05) is 49.6 Å². The van der Waals surface area contributed by atoms with Gasteiger partial charge in [-0.25, -0.2) is 15.0 Å². The van der Waals surface area contributed by atoms with E-state index < -0.39 is 0 Å². The van der Waals surface area contributed by atoms with Crippen molar-refractivity contribution in [1.29, 1.82) is 0 Å². The molecule has 0 atom stereocenters. The van der Waals surface area contributed by atoms with Crippen LogP contribution in [0, 0.1) is 0 Å². The minimum Gasteiger partial charge on any atom is -0.309 e. The molecule has 0 radical (unpaired) electrons. The van der Waals surface area contributed by atoms with E-state index in [0.29, 0.717) is 29.3 Å². The summed E-state index contributed by atoms with van der Waals surface area (Å²) >= 11 is 0. The van der Waals surface area contributed by atoms with Gasteiger partial charge in [0.05, 0.1) is 22.1 Å². The Morgan fingerprint density at radius 3 is 1.31 bits per heavy atom. The van der Waals surface area contributed by atoms with Gasteiger partial charge in [-0.15, -0.1) is 0 Å². The molecule has 2 saturated carbocycles. The third-order valence-corrected chi connectivity index (χ3v) is 14.0. The SMILES string of the molecule is c1ccc(-c2nc(-c3ccccc3)nc(-c3ccc(-n4c5ccccc5c5cc(-n6c7cc(C8CCCCC8)ccc7c7ccc(C8CCCCC8)cc76)ccc54)cc3)n2)cc1. The van der Waals surface area contributed by atoms with Crippen LogP contribution in [-0.2, 0) is 0 Å². The van der Waals surface area contributed by atoms with Crippen molar-refractivity contribution in [2.75, 3.05) is 0 Å². The van der Waals surface area contributed by atoms with Crippen LogP contribution in [-0.4, -0.2) is 24.1 Å². The van der Waals surface area contributed by atoms with Crippen LogP contribution < -0.4 is 0 Å². The maximum Gasteiger partial charge on any atom is 0.164 e. The van der Waals surface area contributed by atoms with Crippen molar-refractivity contribution in [2.45, 2.75) is 76.0 Å². The molecule has 3 heterocycles. The van der Waals surface area contributed by atoms with Gasteiger partial charge in [0.1, 0.15) is 0 Å². The Kier molecular flexibility index (Phi) is 9.27. The fraction of sp³-hybridized carbons (Fsp3) is 0.211. The Morgan fingerprint density at radius 1 is 0.323 bits per heavy atom. The van der Waals surface area contributed by atoms with Crippen molar-refractivity contribution >= 4 is 43.6 Å². The summed E-state index contributed by atoms with van der Waals surface area (Å²) in [6.45, 7) is 0. The number of nitrogens with zero attached hydrogens (tertiary/aromatic N) is 5. The average molecular weight is 804 g/mol. The fourth-order valence-corrected chi connectivity index (χ4v) is 10.8. The van der Waals surface area contributed by atoms with Crippen LogP contribution in [0.3, 0.4) is 0 Å². The number of fused-ring (bicyclic) bond motifs is 6. The highest BCUT2D eigenvalue weighted by Crippen LogP contribution is 2.42. The first-order valence-corrected chi connectivity index (χ1v) is 22.8. The molecule has 62 heavy (non-hydrogen) atoms. The predicted octanol–water partition coefficient (Wildman–Crippen LogP) is 15.2. The summed E-state index contributed by atoms with van der Waals surface area (Å²) in [5.41, 5.74) is 13.2. The summed E-state index contributed by atoms with van der Waals surface area (Å²) in [4.78, 5) is 14.9. The van der Waals surface area contributed by atoms with Crippen molar-refractivity contribution in [2.24, 2.45) is 0 Å². The highest BCUT2D eigenvalue weighted by molar-refractivity contribution is 6.12. The normalized spacial score (nSPS) is 15.3. The second-order valence-corrected chi connectivity index (χ2v) is 17.7. The van der Waals surface area contributed by atoms with Gasteiger partial charge in [-0.2, -0.15) is 0 Å². The second-order valence-electron chi connectivity index (χ2n) is 17.7. The van der Waals surface area contributed by atoms with E-state index in [4.69, 9.17) is 15.0 Å². The summed E-state index contributed by atoms with van der Waals surface area (Å²) in [7, 11) is 0. The largest absolute Gasteiger partial charge is 0.309 e. The first-order valence-electron chi connectivity index (χ1n) is 22.8. The number of aromatic nitrogens is 5. The minimum atomic E-state index is 0.645. The van der Waals surface area contributed by atoms with E-state index in [1.807, 2.05) is 36.4 Å². The maximum absolute atomic E-state index is 5.00. The topological polar surface area (TPSA) is 48.5 Å². The molecule has 3 aromatic heterocycles. The minimum absolute atomic E-state index is 0.645. The van der Waals surface area contributed by atoms with Crippen molar-refractivity contribution in [1.82, 2.24) is 24.1 Å². The third-order valence-electron chi connectivity index (χ3n) is 14.0. The van der Waals surface area contributed by atoms with E-state index in [9.17, 15) is 0 Å². The van der Waals surface area contributed by atoms with E-state index in [1.54, 1.807) is 0 Å². The molecule has 302 valence electrons. The van der Waals surface area contributed by atoms with Crippen molar-refractivity contribution in [3.05, 3.63) is 175 Å². The third kappa shape index (κ3) is 6.50. The molecule has 2 fully saturated rings. The summed E-state index contributed by atoms with van der Waals surface area (Å²) in [6.07, 6.45) is 13.3. The fourth-order valence-electron chi connectivity index (χ4n) is 10.8. The lowest BCUT2D eigenvalue weighted by Crippen LogP contribution is -2.05. The molecule has 5 heteroatoms. The lowest BCUT2D eigenvalue weighted by atomic mass is 9.83. The molecule has 0 bridgehead atoms. The first-order chi connectivity index (χ1) is 30.7. The number of hydrogen-bond acceptors (Lipinski definition) is 3. The standard InChI is InChI=1S/C57H49N5/c1-5-15-38(16-6-1)43-27-32-48-49-33-28-44(39-17-7-2-8-18-39)36-54(49)62(53(48)35-43)46-31-34-52-50(37-46)47-23-13-14-24-51(47)61(52)45-29-25-42(26-30-45)57-59-55(40-19-9-3-10-20-40)58-56(60-57)41-21-11-4-12-22-41/h3-4,9-14,19-39H,1-2,5-8,15-18H2. The zero-order valence-corrected chi connectivity index (χ0v) is 35.1. The average Bonchev–Trinajstić information content (AvgIpc) is 3.86. The van der Waals surface area contributed by atoms with Gasteiger partial charge in [0.2, 0.25) is 0 Å². The van der Waals surface area contributed by atoms with Crippen molar-refractivity contribution in [3.8, 4) is 45.5 Å². The number of para-hydroxylation sites is 1. The van der Waals surface area contributed by atoms with Crippen molar-refractivity contribution < 1.29 is 0 Å². The maximum atomic E-state index is 5.00. The molecule has 0 saturated heterocycles. The van der Waals surface area contributed by atoms with Crippen LogP contribution in [0.4, 0.5) is 0 Å². The number of hydrogen-bond donors (Lipinski definition) is 0. The van der Waals surface area contributed by atoms with E-state index in [-0.39, 0.29) is 0 Å². The smallest absolute Gasteiger partial charge is 0.164 e. The summed E-state index contributed by atoms with van der Waals surface area (Å²) in [6, 6.07) is 59.8. The van der Waals surface area contributed by atoms with Crippen LogP contribution in [0.2, 0.25) is 0 Å². The Balaban J connectivity index is 0.988. The second kappa shape index (κ2) is 15.6. The highest BCUT2D eigenvalue weighted by atomic mass is 15.0. The van der Waals surface area contributed by atoms with Crippen LogP contribution >= 0.6 is 0 Å². The Hall–Kier alpha value is -6.85. The molecular formula is C57H49N5. The van der Waals surface area contributed by atoms with Gasteiger partial charge >= 0.3 is 0 Å². The molecule has 2 aliphatic carbocycles. The van der Waals surface area contributed by atoms with Crippen LogP contribution in [0.5, 0.6) is 0 Å². The van der Waals surface area contributed by atoms with E-state index in [2.05, 4.69) is 137 Å². The van der Waals surface area contributed by atoms with Gasteiger partial charge in [-0.05, 0) is 109 Å². The van der Waals surface area contributed by atoms with Gasteiger partial charge in [-0.3, -0.25) is 0 Å². The molecule has 2 aliphatic rings. The van der Waals surface area contributed by atoms with Crippen LogP contribution in [0.1, 0.15) is 87.2 Å². The Bertz CT molecular complexity index is 3110. The Labute approximate surface area is 362 Å². The molecule has 12 rings (SSSR count). The van der Waals surface area contributed by atoms with Gasteiger partial charge < -0.3 is 9.13 Å². The Morgan fingerprint density at radius 2 is 0.758 bits per heavy atom. The predicted molar refractivity (Wildman–Crippen MR) is 256 cm³/mol. The van der Waals surface area contributed by atoms with E-state index >= 15 is 0 Å². The molecule has 0 N–H and O–H groups in total. The molecule has 10 aromatic rings. The molecule has 0 aliphatic heterocycles. The number of rotatable bonds is 7. The quantitative estimate of drug-likeness (QED) is 0.161. The lowest BCUT2D eigenvalue weighted by molar-refractivity contribution is 0.444. The molecular weight excluding hydrogens is 755 g/mol. The van der Waals surface area contributed by atoms with Gasteiger partial charge in [0.15, 0.2) is 17.5 Å². The zero-order valence-electron chi connectivity index (χ0n) is 35.1. The monoisotopic (exact) mass is 803 g/mol. The highest BCUT2D eigenvalue weighted by Gasteiger charge is 2.23. The molecule has 5 nitrogen and oxygen atoms in total. The summed E-state index contributed by atoms with van der Waals surface area (Å²) < 4.78 is 5.00.